The van der Waals surface area contributed by atoms with E-state index >= 15 is 0 Å². The van der Waals surface area contributed by atoms with E-state index in [2.05, 4.69) is 23.9 Å². The Labute approximate surface area is 155 Å². The quantitative estimate of drug-likeness (QED) is 0.562. The molecule has 0 saturated carbocycles. The molecular weight excluding hydrogens is 332 g/mol. The summed E-state index contributed by atoms with van der Waals surface area (Å²) in [6.07, 6.45) is 10.8. The standard InChI is InChI=1S/C20H30N2O4/c1-21-13-3-4-14(21)10-17(9-13)25-19(23)7-8-20(24)26-18-11-15-5-6-16(12-18)22(15)2/h7-8,13-18H,3-6,9-12H2,1-2H3/b8-7+. The summed E-state index contributed by atoms with van der Waals surface area (Å²) >= 11 is 0. The van der Waals surface area contributed by atoms with Crippen LogP contribution in [0.25, 0.3) is 0 Å². The van der Waals surface area contributed by atoms with Crippen LogP contribution in [0.4, 0.5) is 0 Å². The highest BCUT2D eigenvalue weighted by molar-refractivity contribution is 5.91. The number of ether oxygens (including phenoxy) is 2. The van der Waals surface area contributed by atoms with E-state index in [-0.39, 0.29) is 12.2 Å². The van der Waals surface area contributed by atoms with Crippen molar-refractivity contribution in [3.63, 3.8) is 0 Å². The average molecular weight is 362 g/mol. The predicted octanol–water partition coefficient (Wildman–Crippen LogP) is 1.88. The van der Waals surface area contributed by atoms with Gasteiger partial charge in [-0.1, -0.05) is 0 Å². The SMILES string of the molecule is CN1C2CCC1CC(OC(=O)/C=C/C(=O)OC1CC3CCC(C1)N3C)C2. The first kappa shape index (κ1) is 18.0. The fourth-order valence-corrected chi connectivity index (χ4v) is 5.46. The van der Waals surface area contributed by atoms with Crippen molar-refractivity contribution in [2.45, 2.75) is 87.7 Å². The summed E-state index contributed by atoms with van der Waals surface area (Å²) in [6, 6.07) is 2.11. The Kier molecular flexibility index (Phi) is 5.06. The molecule has 4 unspecified atom stereocenters. The second kappa shape index (κ2) is 7.31. The van der Waals surface area contributed by atoms with Crippen LogP contribution in [0.3, 0.4) is 0 Å². The molecule has 0 aliphatic carbocycles. The van der Waals surface area contributed by atoms with E-state index in [1.54, 1.807) is 0 Å². The van der Waals surface area contributed by atoms with E-state index in [4.69, 9.17) is 9.47 Å². The third-order valence-corrected chi connectivity index (χ3v) is 7.03. The van der Waals surface area contributed by atoms with Crippen molar-refractivity contribution < 1.29 is 19.1 Å². The number of hydrogen-bond donors (Lipinski definition) is 0. The molecule has 6 heteroatoms. The first-order chi connectivity index (χ1) is 12.5. The van der Waals surface area contributed by atoms with Crippen molar-refractivity contribution in [1.82, 2.24) is 9.80 Å². The van der Waals surface area contributed by atoms with Crippen LogP contribution in [-0.2, 0) is 19.1 Å². The monoisotopic (exact) mass is 362 g/mol. The maximum absolute atomic E-state index is 12.0. The van der Waals surface area contributed by atoms with E-state index in [1.807, 2.05) is 0 Å². The maximum atomic E-state index is 12.0. The van der Waals surface area contributed by atoms with E-state index in [9.17, 15) is 9.59 Å². The topological polar surface area (TPSA) is 59.1 Å². The summed E-state index contributed by atoms with van der Waals surface area (Å²) in [5.41, 5.74) is 0. The summed E-state index contributed by atoms with van der Waals surface area (Å²) in [5, 5.41) is 0. The fraction of sp³-hybridized carbons (Fsp3) is 0.800. The summed E-state index contributed by atoms with van der Waals surface area (Å²) in [7, 11) is 4.32. The van der Waals surface area contributed by atoms with Gasteiger partial charge in [-0.25, -0.2) is 9.59 Å². The number of piperidine rings is 2. The van der Waals surface area contributed by atoms with Crippen LogP contribution < -0.4 is 0 Å². The van der Waals surface area contributed by atoms with Gasteiger partial charge in [-0.05, 0) is 39.8 Å². The van der Waals surface area contributed by atoms with Crippen molar-refractivity contribution in [3.8, 4) is 0 Å². The Morgan fingerprint density at radius 2 is 1.00 bits per heavy atom. The molecule has 0 N–H and O–H groups in total. The van der Waals surface area contributed by atoms with Gasteiger partial charge < -0.3 is 19.3 Å². The second-order valence-electron chi connectivity index (χ2n) is 8.49. The molecule has 144 valence electrons. The Hall–Kier alpha value is -1.40. The highest BCUT2D eigenvalue weighted by Crippen LogP contribution is 2.36. The third-order valence-electron chi connectivity index (χ3n) is 7.03. The number of carbonyl (C=O) groups excluding carboxylic acids is 2. The molecule has 0 radical (unpaired) electrons. The zero-order valence-corrected chi connectivity index (χ0v) is 15.8. The molecule has 0 aromatic rings. The number of esters is 2. The molecule has 4 fully saturated rings. The molecule has 6 nitrogen and oxygen atoms in total. The molecule has 4 rings (SSSR count). The van der Waals surface area contributed by atoms with E-state index in [0.29, 0.717) is 24.2 Å². The number of nitrogens with zero attached hydrogens (tertiary/aromatic N) is 2. The lowest BCUT2D eigenvalue weighted by Crippen LogP contribution is -2.43. The number of carbonyl (C=O) groups is 2. The van der Waals surface area contributed by atoms with Crippen LogP contribution in [0.2, 0.25) is 0 Å². The molecule has 4 aliphatic rings. The van der Waals surface area contributed by atoms with Crippen LogP contribution in [0.15, 0.2) is 12.2 Å². The zero-order chi connectivity index (χ0) is 18.3. The van der Waals surface area contributed by atoms with Crippen LogP contribution in [0.5, 0.6) is 0 Å². The summed E-state index contributed by atoms with van der Waals surface area (Å²) in [4.78, 5) is 28.9. The second-order valence-corrected chi connectivity index (χ2v) is 8.49. The average Bonchev–Trinajstić information content (AvgIpc) is 2.95. The van der Waals surface area contributed by atoms with Crippen molar-refractivity contribution >= 4 is 11.9 Å². The fourth-order valence-electron chi connectivity index (χ4n) is 5.46. The van der Waals surface area contributed by atoms with Crippen molar-refractivity contribution in [1.29, 1.82) is 0 Å². The minimum Gasteiger partial charge on any atom is -0.459 e. The van der Waals surface area contributed by atoms with Gasteiger partial charge in [0, 0.05) is 62.0 Å². The van der Waals surface area contributed by atoms with E-state index in [0.717, 1.165) is 25.7 Å². The summed E-state index contributed by atoms with van der Waals surface area (Å²) < 4.78 is 11.1. The highest BCUT2D eigenvalue weighted by Gasteiger charge is 2.40. The third kappa shape index (κ3) is 3.67. The van der Waals surface area contributed by atoms with Crippen molar-refractivity contribution in [3.05, 3.63) is 12.2 Å². The molecule has 0 amide bonds. The molecule has 0 aromatic carbocycles. The lowest BCUT2D eigenvalue weighted by atomic mass is 10.0. The largest absolute Gasteiger partial charge is 0.459 e. The van der Waals surface area contributed by atoms with Gasteiger partial charge in [-0.15, -0.1) is 0 Å². The Bertz CT molecular complexity index is 514. The van der Waals surface area contributed by atoms with Gasteiger partial charge in [-0.3, -0.25) is 0 Å². The summed E-state index contributed by atoms with van der Waals surface area (Å²) in [5.74, 6) is -0.862. The van der Waals surface area contributed by atoms with E-state index in [1.165, 1.54) is 37.8 Å². The first-order valence-corrected chi connectivity index (χ1v) is 10.0. The predicted molar refractivity (Wildman–Crippen MR) is 96.5 cm³/mol. The Morgan fingerprint density at radius 1 is 0.692 bits per heavy atom. The molecule has 4 atom stereocenters. The highest BCUT2D eigenvalue weighted by atomic mass is 16.5. The van der Waals surface area contributed by atoms with Crippen LogP contribution >= 0.6 is 0 Å². The lowest BCUT2D eigenvalue weighted by molar-refractivity contribution is -0.149. The molecule has 0 aromatic heterocycles. The van der Waals surface area contributed by atoms with Gasteiger partial charge in [0.15, 0.2) is 0 Å². The first-order valence-electron chi connectivity index (χ1n) is 10.0. The normalized spacial score (nSPS) is 40.1. The van der Waals surface area contributed by atoms with Gasteiger partial charge >= 0.3 is 11.9 Å². The molecule has 4 heterocycles. The van der Waals surface area contributed by atoms with Crippen LogP contribution in [-0.4, -0.2) is 72.2 Å². The molecule has 0 spiro atoms. The van der Waals surface area contributed by atoms with Gasteiger partial charge in [-0.2, -0.15) is 0 Å². The van der Waals surface area contributed by atoms with Gasteiger partial charge in [0.25, 0.3) is 0 Å². The molecule has 4 bridgehead atoms. The molecule has 4 saturated heterocycles. The molecular formula is C20H30N2O4. The molecule has 26 heavy (non-hydrogen) atoms. The number of hydrogen-bond acceptors (Lipinski definition) is 6. The number of rotatable bonds is 4. The minimum absolute atomic E-state index is 0.0265. The van der Waals surface area contributed by atoms with E-state index < -0.39 is 11.9 Å². The molecule has 4 aliphatic heterocycles. The van der Waals surface area contributed by atoms with Crippen LogP contribution in [0, 0.1) is 0 Å². The van der Waals surface area contributed by atoms with Crippen molar-refractivity contribution in [2.24, 2.45) is 0 Å². The van der Waals surface area contributed by atoms with Gasteiger partial charge in [0.1, 0.15) is 12.2 Å². The zero-order valence-electron chi connectivity index (χ0n) is 15.8. The van der Waals surface area contributed by atoms with Crippen LogP contribution in [0.1, 0.15) is 51.4 Å². The minimum atomic E-state index is -0.431. The van der Waals surface area contributed by atoms with Crippen molar-refractivity contribution in [2.75, 3.05) is 14.1 Å². The summed E-state index contributed by atoms with van der Waals surface area (Å²) in [6.45, 7) is 0. The van der Waals surface area contributed by atoms with Gasteiger partial charge in [0.2, 0.25) is 0 Å². The Balaban J connectivity index is 1.22. The lowest BCUT2D eigenvalue weighted by Gasteiger charge is -2.35. The number of fused-ring (bicyclic) bond motifs is 4. The maximum Gasteiger partial charge on any atom is 0.331 e. The van der Waals surface area contributed by atoms with Gasteiger partial charge in [0.05, 0.1) is 0 Å². The smallest absolute Gasteiger partial charge is 0.331 e. The Morgan fingerprint density at radius 3 is 1.31 bits per heavy atom.